The zero-order valence-corrected chi connectivity index (χ0v) is 27.1. The highest BCUT2D eigenvalue weighted by atomic mass is 28.4. The Bertz CT molecular complexity index is 1120. The Balaban J connectivity index is 1.73. The highest BCUT2D eigenvalue weighted by molar-refractivity contribution is 6.74. The van der Waals surface area contributed by atoms with E-state index in [1.54, 1.807) is 0 Å². The second kappa shape index (κ2) is 10.9. The minimum atomic E-state index is -1.86. The summed E-state index contributed by atoms with van der Waals surface area (Å²) in [6.45, 7) is 24.4. The van der Waals surface area contributed by atoms with Crippen LogP contribution in [-0.4, -0.2) is 49.8 Å². The largest absolute Gasteiger partial charge is 0.457 e. The molecule has 0 N–H and O–H groups in total. The van der Waals surface area contributed by atoms with Gasteiger partial charge in [-0.1, -0.05) is 78.0 Å². The molecule has 0 bridgehead atoms. The van der Waals surface area contributed by atoms with Crippen LogP contribution < -0.4 is 0 Å². The Kier molecular flexibility index (Phi) is 8.47. The number of carbonyl (C=O) groups is 1. The van der Waals surface area contributed by atoms with Gasteiger partial charge in [0.1, 0.15) is 11.8 Å². The van der Waals surface area contributed by atoms with Crippen LogP contribution in [0.4, 0.5) is 0 Å². The first-order chi connectivity index (χ1) is 18.1. The number of ether oxygens (including phenoxy) is 2. The number of nitrogens with zero attached hydrogens (tertiary/aromatic N) is 1. The molecule has 1 aromatic carbocycles. The number of rotatable bonds is 7. The van der Waals surface area contributed by atoms with E-state index < -0.39 is 13.9 Å². The minimum Gasteiger partial charge on any atom is -0.457 e. The first-order valence-electron chi connectivity index (χ1n) is 14.9. The molecule has 39 heavy (non-hydrogen) atoms. The lowest BCUT2D eigenvalue weighted by molar-refractivity contribution is -0.152. The second-order valence-electron chi connectivity index (χ2n) is 14.4. The van der Waals surface area contributed by atoms with Crippen molar-refractivity contribution in [2.24, 2.45) is 5.92 Å². The summed E-state index contributed by atoms with van der Waals surface area (Å²) in [4.78, 5) is 16.0. The first kappa shape index (κ1) is 30.2. The molecule has 0 aromatic heterocycles. The van der Waals surface area contributed by atoms with E-state index in [9.17, 15) is 4.79 Å². The third-order valence-electron chi connectivity index (χ3n) is 9.04. The fraction of sp³-hybridized carbons (Fsp3) is 0.667. The van der Waals surface area contributed by atoms with Crippen LogP contribution in [0.2, 0.25) is 18.1 Å². The Hall–Kier alpha value is -1.73. The smallest absolute Gasteiger partial charge is 0.334 e. The van der Waals surface area contributed by atoms with Crippen molar-refractivity contribution in [3.8, 4) is 0 Å². The number of hydrogen-bond donors (Lipinski definition) is 0. The maximum Gasteiger partial charge on any atom is 0.334 e. The third-order valence-corrected chi connectivity index (χ3v) is 13.5. The molecule has 1 fully saturated rings. The number of esters is 1. The summed E-state index contributed by atoms with van der Waals surface area (Å²) in [5, 5.41) is 0.158. The third kappa shape index (κ3) is 6.00. The van der Waals surface area contributed by atoms with Crippen LogP contribution in [0.5, 0.6) is 0 Å². The summed E-state index contributed by atoms with van der Waals surface area (Å²) >= 11 is 0. The number of hydrogen-bond acceptors (Lipinski definition) is 5. The Morgan fingerprint density at radius 3 is 2.46 bits per heavy atom. The van der Waals surface area contributed by atoms with Crippen molar-refractivity contribution in [1.29, 1.82) is 0 Å². The molecule has 0 radical (unpaired) electrons. The van der Waals surface area contributed by atoms with Crippen molar-refractivity contribution in [2.75, 3.05) is 6.61 Å². The van der Waals surface area contributed by atoms with E-state index in [2.05, 4.69) is 96.0 Å². The van der Waals surface area contributed by atoms with E-state index in [1.165, 1.54) is 16.7 Å². The highest BCUT2D eigenvalue weighted by Gasteiger charge is 2.55. The van der Waals surface area contributed by atoms with Crippen molar-refractivity contribution in [3.63, 3.8) is 0 Å². The monoisotopic (exact) mass is 553 g/mol. The summed E-state index contributed by atoms with van der Waals surface area (Å²) in [5.74, 6) is 0.173. The standard InChI is InChI=1S/C33H51NO4Si/c1-12-24-26(31(35)38-32(4,5)6)20-23(16-14-18-36-39(10,11)33(7,8)9)34-29-27(37-30(24)34)19-22-15-13-17-25(21(2)3)28(22)29/h13-17,20-21,23-24,27,29-30H,12,18-19H2,1-11H3/b16-14+/t23-,24+,27-,29-,30-/m1/s1. The average molecular weight is 554 g/mol. The predicted octanol–water partition coefficient (Wildman–Crippen LogP) is 7.69. The quantitative estimate of drug-likeness (QED) is 0.197. The van der Waals surface area contributed by atoms with Crippen molar-refractivity contribution in [1.82, 2.24) is 4.90 Å². The molecule has 4 rings (SSSR count). The number of carbonyl (C=O) groups excluding carboxylic acids is 1. The molecule has 1 aliphatic carbocycles. The van der Waals surface area contributed by atoms with Crippen LogP contribution in [0.15, 0.2) is 42.0 Å². The molecule has 6 heteroatoms. The zero-order valence-electron chi connectivity index (χ0n) is 26.1. The van der Waals surface area contributed by atoms with E-state index in [4.69, 9.17) is 13.9 Å². The van der Waals surface area contributed by atoms with Gasteiger partial charge in [0, 0.05) is 17.9 Å². The lowest BCUT2D eigenvalue weighted by Gasteiger charge is -2.42. The van der Waals surface area contributed by atoms with Crippen molar-refractivity contribution < 1.29 is 18.7 Å². The molecule has 0 spiro atoms. The molecule has 0 amide bonds. The topological polar surface area (TPSA) is 48.0 Å². The van der Waals surface area contributed by atoms with Crippen molar-refractivity contribution in [3.05, 3.63) is 58.7 Å². The van der Waals surface area contributed by atoms with Crippen LogP contribution in [0.1, 0.15) is 97.4 Å². The fourth-order valence-electron chi connectivity index (χ4n) is 6.07. The lowest BCUT2D eigenvalue weighted by atomic mass is 9.85. The SMILES string of the molecule is CC[C@H]1C(C(=O)OC(C)(C)C)=C[C@@H](/C=C/CO[Si](C)(C)C(C)(C)C)N2[C@@H]1O[C@@H]1Cc3cccc(C(C)C)c3[C@@H]12. The normalized spacial score (nSPS) is 27.5. The summed E-state index contributed by atoms with van der Waals surface area (Å²) in [5.41, 5.74) is 4.43. The average Bonchev–Trinajstić information content (AvgIpc) is 3.35. The molecule has 5 nitrogen and oxygen atoms in total. The fourth-order valence-corrected chi connectivity index (χ4v) is 7.01. The van der Waals surface area contributed by atoms with E-state index in [0.29, 0.717) is 12.5 Å². The molecule has 2 aliphatic heterocycles. The molecule has 2 heterocycles. The van der Waals surface area contributed by atoms with Gasteiger partial charge >= 0.3 is 5.97 Å². The van der Waals surface area contributed by atoms with E-state index in [0.717, 1.165) is 18.4 Å². The molecule has 0 unspecified atom stereocenters. The molecular weight excluding hydrogens is 502 g/mol. The molecular formula is C33H51NO4Si. The van der Waals surface area contributed by atoms with Crippen LogP contribution in [0, 0.1) is 5.92 Å². The van der Waals surface area contributed by atoms with Gasteiger partial charge in [0.25, 0.3) is 0 Å². The van der Waals surface area contributed by atoms with E-state index >= 15 is 0 Å². The Labute approximate surface area is 238 Å². The molecule has 0 saturated carbocycles. The van der Waals surface area contributed by atoms with Gasteiger partial charge in [-0.15, -0.1) is 0 Å². The zero-order chi connectivity index (χ0) is 28.9. The van der Waals surface area contributed by atoms with Crippen molar-refractivity contribution in [2.45, 2.75) is 129 Å². The predicted molar refractivity (Wildman–Crippen MR) is 161 cm³/mol. The van der Waals surface area contributed by atoms with Crippen LogP contribution in [0.3, 0.4) is 0 Å². The van der Waals surface area contributed by atoms with Gasteiger partial charge in [-0.2, -0.15) is 0 Å². The maximum atomic E-state index is 13.5. The Morgan fingerprint density at radius 2 is 1.87 bits per heavy atom. The van der Waals surface area contributed by atoms with E-state index in [-0.39, 0.29) is 41.3 Å². The highest BCUT2D eigenvalue weighted by Crippen LogP contribution is 2.52. The summed E-state index contributed by atoms with van der Waals surface area (Å²) in [6.07, 6.45) is 8.16. The van der Waals surface area contributed by atoms with Crippen LogP contribution in [-0.2, 0) is 25.1 Å². The van der Waals surface area contributed by atoms with Gasteiger partial charge in [-0.05, 0) is 67.9 Å². The van der Waals surface area contributed by atoms with Gasteiger partial charge in [-0.25, -0.2) is 4.79 Å². The number of fused-ring (bicyclic) bond motifs is 5. The second-order valence-corrected chi connectivity index (χ2v) is 19.2. The molecule has 3 aliphatic rings. The summed E-state index contributed by atoms with van der Waals surface area (Å²) in [7, 11) is -1.86. The number of benzene rings is 1. The van der Waals surface area contributed by atoms with Crippen LogP contribution in [0.25, 0.3) is 0 Å². The van der Waals surface area contributed by atoms with Gasteiger partial charge in [0.15, 0.2) is 8.32 Å². The molecule has 1 saturated heterocycles. The van der Waals surface area contributed by atoms with E-state index in [1.807, 2.05) is 20.8 Å². The molecule has 216 valence electrons. The van der Waals surface area contributed by atoms with Gasteiger partial charge in [0.2, 0.25) is 0 Å². The minimum absolute atomic E-state index is 0.0340. The summed E-state index contributed by atoms with van der Waals surface area (Å²) in [6, 6.07) is 6.82. The Morgan fingerprint density at radius 1 is 1.18 bits per heavy atom. The van der Waals surface area contributed by atoms with Gasteiger partial charge in [-0.3, -0.25) is 4.90 Å². The van der Waals surface area contributed by atoms with Crippen LogP contribution >= 0.6 is 0 Å². The summed E-state index contributed by atoms with van der Waals surface area (Å²) < 4.78 is 19.2. The molecule has 1 aromatic rings. The van der Waals surface area contributed by atoms with Gasteiger partial charge in [0.05, 0.1) is 24.8 Å². The maximum absolute atomic E-state index is 13.5. The molecule has 5 atom stereocenters. The van der Waals surface area contributed by atoms with Gasteiger partial charge < -0.3 is 13.9 Å². The first-order valence-corrected chi connectivity index (χ1v) is 17.8. The lowest BCUT2D eigenvalue weighted by Crippen LogP contribution is -2.49. The van der Waals surface area contributed by atoms with Crippen molar-refractivity contribution >= 4 is 14.3 Å².